The Morgan fingerprint density at radius 3 is 2.73 bits per heavy atom. The van der Waals surface area contributed by atoms with E-state index >= 15 is 0 Å². The number of nitrogens with one attached hydrogen (secondary N) is 2. The molecule has 26 heavy (non-hydrogen) atoms. The van der Waals surface area contributed by atoms with E-state index in [0.29, 0.717) is 12.6 Å². The van der Waals surface area contributed by atoms with Gasteiger partial charge in [0.05, 0.1) is 6.54 Å². The Bertz CT molecular complexity index is 725. The van der Waals surface area contributed by atoms with Crippen molar-refractivity contribution in [3.05, 3.63) is 42.2 Å². The molecule has 1 saturated heterocycles. The van der Waals surface area contributed by atoms with Crippen LogP contribution in [0.2, 0.25) is 0 Å². The normalized spacial score (nSPS) is 15.5. The molecule has 0 unspecified atom stereocenters. The van der Waals surface area contributed by atoms with Gasteiger partial charge >= 0.3 is 0 Å². The van der Waals surface area contributed by atoms with E-state index in [0.717, 1.165) is 43.4 Å². The second-order valence-electron chi connectivity index (χ2n) is 6.11. The summed E-state index contributed by atoms with van der Waals surface area (Å²) in [4.78, 5) is 10.7. The number of aryl methyl sites for hydroxylation is 1. The van der Waals surface area contributed by atoms with E-state index in [-0.39, 0.29) is 29.8 Å². The predicted octanol–water partition coefficient (Wildman–Crippen LogP) is 1.91. The summed E-state index contributed by atoms with van der Waals surface area (Å²) in [5.41, 5.74) is 0.947. The number of hydrogen-bond acceptors (Lipinski definition) is 4. The summed E-state index contributed by atoms with van der Waals surface area (Å²) in [5.74, 6) is 1.42. The van der Waals surface area contributed by atoms with E-state index in [1.807, 2.05) is 13.1 Å². The van der Waals surface area contributed by atoms with Crippen LogP contribution in [-0.4, -0.2) is 46.9 Å². The Morgan fingerprint density at radius 1 is 1.35 bits per heavy atom. The minimum atomic E-state index is -0.189. The number of nitrogens with zero attached hydrogens (tertiary/aromatic N) is 5. The highest BCUT2D eigenvalue weighted by Crippen LogP contribution is 2.20. The van der Waals surface area contributed by atoms with Gasteiger partial charge in [-0.15, -0.1) is 24.0 Å². The third-order valence-electron chi connectivity index (χ3n) is 4.45. The molecule has 1 fully saturated rings. The van der Waals surface area contributed by atoms with Gasteiger partial charge in [0.2, 0.25) is 0 Å². The van der Waals surface area contributed by atoms with Crippen LogP contribution in [0.25, 0.3) is 0 Å². The topological polar surface area (TPSA) is 70.4 Å². The third kappa shape index (κ3) is 5.29. The van der Waals surface area contributed by atoms with E-state index in [1.165, 1.54) is 12.4 Å². The highest BCUT2D eigenvalue weighted by Gasteiger charge is 2.20. The number of anilines is 1. The number of aromatic nitrogens is 3. The van der Waals surface area contributed by atoms with Gasteiger partial charge in [-0.3, -0.25) is 9.67 Å². The molecule has 2 N–H and O–H groups in total. The lowest BCUT2D eigenvalue weighted by atomic mass is 10.0. The maximum Gasteiger partial charge on any atom is 0.191 e. The molecule has 0 atom stereocenters. The van der Waals surface area contributed by atoms with Crippen LogP contribution in [0.15, 0.2) is 35.6 Å². The van der Waals surface area contributed by atoms with Crippen LogP contribution in [0.3, 0.4) is 0 Å². The molecular formula is C17H25FIN7. The summed E-state index contributed by atoms with van der Waals surface area (Å²) in [6.45, 7) is 2.35. The molecule has 3 rings (SSSR count). The van der Waals surface area contributed by atoms with Gasteiger partial charge in [-0.1, -0.05) is 6.07 Å². The van der Waals surface area contributed by atoms with Crippen LogP contribution in [0.1, 0.15) is 18.7 Å². The average molecular weight is 473 g/mol. The lowest BCUT2D eigenvalue weighted by Crippen LogP contribution is -2.48. The van der Waals surface area contributed by atoms with Crippen LogP contribution in [0.5, 0.6) is 0 Å². The molecule has 0 spiro atoms. The van der Waals surface area contributed by atoms with Crippen molar-refractivity contribution in [3.8, 4) is 0 Å². The number of piperidine rings is 1. The fraction of sp³-hybridized carbons (Fsp3) is 0.471. The Labute approximate surface area is 170 Å². The summed E-state index contributed by atoms with van der Waals surface area (Å²) in [7, 11) is 3.62. The van der Waals surface area contributed by atoms with Gasteiger partial charge in [0.1, 0.15) is 18.0 Å². The molecule has 1 aliphatic rings. The molecule has 0 bridgehead atoms. The molecular weight excluding hydrogens is 448 g/mol. The Balaban J connectivity index is 0.00000243. The predicted molar refractivity (Wildman–Crippen MR) is 111 cm³/mol. The SMILES string of the molecule is CN=C(NCc1ncnn1C)NC1CCN(c2cccc(F)c2)CC1.I. The maximum atomic E-state index is 13.4. The monoisotopic (exact) mass is 473 g/mol. The molecule has 9 heteroatoms. The van der Waals surface area contributed by atoms with E-state index in [1.54, 1.807) is 23.9 Å². The van der Waals surface area contributed by atoms with Gasteiger partial charge < -0.3 is 15.5 Å². The smallest absolute Gasteiger partial charge is 0.191 e. The van der Waals surface area contributed by atoms with Gasteiger partial charge in [-0.2, -0.15) is 5.10 Å². The van der Waals surface area contributed by atoms with Crippen molar-refractivity contribution in [2.45, 2.75) is 25.4 Å². The molecule has 0 amide bonds. The molecule has 0 radical (unpaired) electrons. The highest BCUT2D eigenvalue weighted by molar-refractivity contribution is 14.0. The van der Waals surface area contributed by atoms with Crippen LogP contribution in [-0.2, 0) is 13.6 Å². The first kappa shape index (κ1) is 20.4. The van der Waals surface area contributed by atoms with Crippen LogP contribution in [0.4, 0.5) is 10.1 Å². The number of aliphatic imine (C=N–C) groups is 1. The van der Waals surface area contributed by atoms with Crippen molar-refractivity contribution in [3.63, 3.8) is 0 Å². The lowest BCUT2D eigenvalue weighted by Gasteiger charge is -2.34. The lowest BCUT2D eigenvalue weighted by molar-refractivity contribution is 0.460. The first-order valence-electron chi connectivity index (χ1n) is 8.46. The molecule has 2 heterocycles. The fourth-order valence-corrected chi connectivity index (χ4v) is 2.99. The number of halogens is 2. The molecule has 1 aromatic heterocycles. The Morgan fingerprint density at radius 2 is 2.12 bits per heavy atom. The van der Waals surface area contributed by atoms with E-state index < -0.39 is 0 Å². The summed E-state index contributed by atoms with van der Waals surface area (Å²) in [6.07, 6.45) is 3.48. The van der Waals surface area contributed by atoms with Crippen molar-refractivity contribution in [1.82, 2.24) is 25.4 Å². The van der Waals surface area contributed by atoms with E-state index in [9.17, 15) is 4.39 Å². The fourth-order valence-electron chi connectivity index (χ4n) is 2.99. The van der Waals surface area contributed by atoms with Crippen molar-refractivity contribution >= 4 is 35.6 Å². The van der Waals surface area contributed by atoms with Gasteiger partial charge in [-0.05, 0) is 31.0 Å². The molecule has 0 aliphatic carbocycles. The Kier molecular flexibility index (Phi) is 7.61. The van der Waals surface area contributed by atoms with Gasteiger partial charge in [0.25, 0.3) is 0 Å². The molecule has 7 nitrogen and oxygen atoms in total. The van der Waals surface area contributed by atoms with E-state index in [2.05, 4.69) is 30.6 Å². The number of rotatable bonds is 4. The number of benzene rings is 1. The Hall–Kier alpha value is -1.91. The van der Waals surface area contributed by atoms with Gasteiger partial charge in [0, 0.05) is 38.9 Å². The second-order valence-corrected chi connectivity index (χ2v) is 6.11. The van der Waals surface area contributed by atoms with Crippen LogP contribution >= 0.6 is 24.0 Å². The third-order valence-corrected chi connectivity index (χ3v) is 4.45. The highest BCUT2D eigenvalue weighted by atomic mass is 127. The van der Waals surface area contributed by atoms with Crippen LogP contribution in [0, 0.1) is 5.82 Å². The van der Waals surface area contributed by atoms with Gasteiger partial charge in [0.15, 0.2) is 5.96 Å². The molecule has 0 saturated carbocycles. The molecule has 142 valence electrons. The standard InChI is InChI=1S/C17H24FN7.HI/c1-19-17(20-11-16-21-12-22-24(16)2)23-14-6-8-25(9-7-14)15-5-3-4-13(18)10-15;/h3-5,10,12,14H,6-9,11H2,1-2H3,(H2,19,20,23);1H. The summed E-state index contributed by atoms with van der Waals surface area (Å²) >= 11 is 0. The summed E-state index contributed by atoms with van der Waals surface area (Å²) in [6, 6.07) is 7.13. The van der Waals surface area contributed by atoms with Crippen molar-refractivity contribution in [2.24, 2.45) is 12.0 Å². The molecule has 1 aliphatic heterocycles. The zero-order valence-electron chi connectivity index (χ0n) is 15.0. The largest absolute Gasteiger partial charge is 0.371 e. The number of hydrogen-bond donors (Lipinski definition) is 2. The summed E-state index contributed by atoms with van der Waals surface area (Å²) < 4.78 is 15.1. The molecule has 2 aromatic rings. The van der Waals surface area contributed by atoms with Gasteiger partial charge in [-0.25, -0.2) is 9.37 Å². The average Bonchev–Trinajstić information content (AvgIpc) is 3.04. The minimum absolute atomic E-state index is 0. The van der Waals surface area contributed by atoms with Crippen molar-refractivity contribution in [1.29, 1.82) is 0 Å². The quantitative estimate of drug-likeness (QED) is 0.404. The van der Waals surface area contributed by atoms with E-state index in [4.69, 9.17) is 0 Å². The number of guanidine groups is 1. The zero-order chi connectivity index (χ0) is 17.6. The summed E-state index contributed by atoms with van der Waals surface area (Å²) in [5, 5.41) is 10.8. The minimum Gasteiger partial charge on any atom is -0.371 e. The molecule has 1 aromatic carbocycles. The first-order chi connectivity index (χ1) is 12.2. The first-order valence-corrected chi connectivity index (χ1v) is 8.46. The van der Waals surface area contributed by atoms with Crippen molar-refractivity contribution < 1.29 is 4.39 Å². The maximum absolute atomic E-state index is 13.4. The van der Waals surface area contributed by atoms with Crippen LogP contribution < -0.4 is 15.5 Å². The zero-order valence-corrected chi connectivity index (χ0v) is 17.4. The van der Waals surface area contributed by atoms with Crippen molar-refractivity contribution in [2.75, 3.05) is 25.0 Å². The second kappa shape index (κ2) is 9.70.